The summed E-state index contributed by atoms with van der Waals surface area (Å²) in [5, 5.41) is 20.5. The van der Waals surface area contributed by atoms with Crippen molar-refractivity contribution in [3.05, 3.63) is 69.1 Å². The van der Waals surface area contributed by atoms with E-state index in [1.807, 2.05) is 6.07 Å². The maximum absolute atomic E-state index is 13.1. The van der Waals surface area contributed by atoms with Crippen molar-refractivity contribution >= 4 is 21.7 Å². The number of nitriles is 1. The van der Waals surface area contributed by atoms with Crippen LogP contribution in [-0.2, 0) is 22.9 Å². The van der Waals surface area contributed by atoms with E-state index in [2.05, 4.69) is 5.32 Å². The van der Waals surface area contributed by atoms with Gasteiger partial charge < -0.3 is 19.9 Å². The average Bonchev–Trinajstić information content (AvgIpc) is 3.65. The zero-order chi connectivity index (χ0) is 25.2. The molecule has 0 radical (unpaired) electrons. The number of fused-ring (bicyclic) bond motifs is 1. The molecule has 1 aliphatic heterocycles. The topological polar surface area (TPSA) is 150 Å². The molecule has 1 aromatic heterocycles. The molecule has 0 bridgehead atoms. The molecule has 0 saturated heterocycles. The highest BCUT2D eigenvalue weighted by Crippen LogP contribution is 2.45. The van der Waals surface area contributed by atoms with Gasteiger partial charge >= 0.3 is 0 Å². The molecule has 2 heterocycles. The molecule has 1 aromatic carbocycles. The van der Waals surface area contributed by atoms with Crippen LogP contribution in [0.5, 0.6) is 0 Å². The Kier molecular flexibility index (Phi) is 6.78. The number of rotatable bonds is 9. The van der Waals surface area contributed by atoms with Crippen molar-refractivity contribution in [2.75, 3.05) is 25.4 Å². The van der Waals surface area contributed by atoms with Crippen molar-refractivity contribution in [2.24, 2.45) is 0 Å². The van der Waals surface area contributed by atoms with Gasteiger partial charge in [0.25, 0.3) is 17.4 Å². The molecular formula is C24H26N4O6S. The van der Waals surface area contributed by atoms with Crippen molar-refractivity contribution in [3.8, 4) is 6.07 Å². The summed E-state index contributed by atoms with van der Waals surface area (Å²) in [6.45, 7) is 0.340. The third-order valence-corrected chi connectivity index (χ3v) is 9.26. The third-order valence-electron chi connectivity index (χ3n) is 6.57. The molecule has 4 rings (SSSR count). The number of sulfone groups is 1. The van der Waals surface area contributed by atoms with E-state index in [9.17, 15) is 22.8 Å². The van der Waals surface area contributed by atoms with Gasteiger partial charge in [0.15, 0.2) is 9.84 Å². The predicted octanol–water partition coefficient (Wildman–Crippen LogP) is 0.436. The minimum Gasteiger partial charge on any atom is -0.396 e. The second-order valence-corrected chi connectivity index (χ2v) is 11.4. The maximum atomic E-state index is 13.1. The Morgan fingerprint density at radius 2 is 1.83 bits per heavy atom. The third kappa shape index (κ3) is 4.85. The van der Waals surface area contributed by atoms with Gasteiger partial charge in [-0.2, -0.15) is 5.26 Å². The molecule has 2 aliphatic rings. The molecule has 11 heteroatoms. The molecule has 10 nitrogen and oxygen atoms in total. The number of amides is 2. The first-order valence-corrected chi connectivity index (χ1v) is 13.0. The minimum atomic E-state index is -3.46. The molecule has 184 valence electrons. The Morgan fingerprint density at radius 3 is 2.46 bits per heavy atom. The van der Waals surface area contributed by atoms with Gasteiger partial charge in [-0.25, -0.2) is 8.42 Å². The Hall–Kier alpha value is -3.49. The molecule has 1 aliphatic carbocycles. The van der Waals surface area contributed by atoms with E-state index in [1.165, 1.54) is 21.6 Å². The van der Waals surface area contributed by atoms with Crippen LogP contribution in [0.4, 0.5) is 0 Å². The lowest BCUT2D eigenvalue weighted by molar-refractivity contribution is 0.0695. The number of aliphatic hydroxyl groups is 1. The Balaban J connectivity index is 1.46. The number of aromatic nitrogens is 1. The lowest BCUT2D eigenvalue weighted by Crippen LogP contribution is -2.50. The summed E-state index contributed by atoms with van der Waals surface area (Å²) in [4.78, 5) is 40.1. The Morgan fingerprint density at radius 1 is 1.11 bits per heavy atom. The zero-order valence-electron chi connectivity index (χ0n) is 19.1. The molecule has 1 fully saturated rings. The van der Waals surface area contributed by atoms with Crippen LogP contribution in [0.2, 0.25) is 0 Å². The zero-order valence-corrected chi connectivity index (χ0v) is 19.9. The largest absolute Gasteiger partial charge is 0.396 e. The fraction of sp³-hybridized carbons (Fsp3) is 0.417. The van der Waals surface area contributed by atoms with Gasteiger partial charge in [0, 0.05) is 32.8 Å². The second kappa shape index (κ2) is 9.64. The smallest absolute Gasteiger partial charge is 0.270 e. The van der Waals surface area contributed by atoms with Crippen molar-refractivity contribution in [1.82, 2.24) is 14.8 Å². The summed E-state index contributed by atoms with van der Waals surface area (Å²) in [6, 6.07) is 11.4. The molecule has 35 heavy (non-hydrogen) atoms. The van der Waals surface area contributed by atoms with Crippen LogP contribution in [0, 0.1) is 11.3 Å². The molecule has 2 aromatic rings. The molecule has 2 amide bonds. The van der Waals surface area contributed by atoms with Gasteiger partial charge in [-0.3, -0.25) is 14.4 Å². The van der Waals surface area contributed by atoms with Crippen molar-refractivity contribution < 1.29 is 23.1 Å². The lowest BCUT2D eigenvalue weighted by Gasteiger charge is -2.32. The molecule has 0 unspecified atom stereocenters. The van der Waals surface area contributed by atoms with Gasteiger partial charge in [-0.1, -0.05) is 12.1 Å². The predicted molar refractivity (Wildman–Crippen MR) is 126 cm³/mol. The molecule has 1 saturated carbocycles. The van der Waals surface area contributed by atoms with E-state index in [-0.39, 0.29) is 56.2 Å². The number of nitrogens with one attached hydrogen (secondary N) is 1. The summed E-state index contributed by atoms with van der Waals surface area (Å²) in [5.74, 6) is -1.14. The van der Waals surface area contributed by atoms with Crippen LogP contribution in [-0.4, -0.2) is 65.0 Å². The SMILES string of the molecule is N#Cc1ccc(CNC(=O)c2ccc3n(c2=O)CCN(CC2(S(=O)(=O)CCCO)CC2)C3=O)cc1. The number of carbonyl (C=O) groups is 2. The van der Waals surface area contributed by atoms with Crippen LogP contribution in [0.25, 0.3) is 0 Å². The van der Waals surface area contributed by atoms with Gasteiger partial charge in [0.1, 0.15) is 11.3 Å². The van der Waals surface area contributed by atoms with Gasteiger partial charge in [0.05, 0.1) is 22.1 Å². The van der Waals surface area contributed by atoms with Crippen molar-refractivity contribution in [3.63, 3.8) is 0 Å². The highest BCUT2D eigenvalue weighted by atomic mass is 32.2. The van der Waals surface area contributed by atoms with Crippen molar-refractivity contribution in [2.45, 2.75) is 37.1 Å². The molecule has 0 atom stereocenters. The molecular weight excluding hydrogens is 472 g/mol. The van der Waals surface area contributed by atoms with Gasteiger partial charge in [0.2, 0.25) is 0 Å². The van der Waals surface area contributed by atoms with Crippen LogP contribution in [0.3, 0.4) is 0 Å². The summed E-state index contributed by atoms with van der Waals surface area (Å²) in [6.07, 6.45) is 1.09. The lowest BCUT2D eigenvalue weighted by atomic mass is 10.1. The fourth-order valence-electron chi connectivity index (χ4n) is 4.30. The number of pyridine rings is 1. The number of nitrogens with zero attached hydrogens (tertiary/aromatic N) is 3. The Labute approximate surface area is 202 Å². The number of carbonyl (C=O) groups excluding carboxylic acids is 2. The van der Waals surface area contributed by atoms with Gasteiger partial charge in [-0.15, -0.1) is 0 Å². The minimum absolute atomic E-state index is 0.0562. The number of benzene rings is 1. The first-order valence-electron chi connectivity index (χ1n) is 11.3. The van der Waals surface area contributed by atoms with Crippen LogP contribution in [0.15, 0.2) is 41.2 Å². The summed E-state index contributed by atoms with van der Waals surface area (Å²) in [5.41, 5.74) is 0.720. The number of hydrogen-bond acceptors (Lipinski definition) is 7. The fourth-order valence-corrected chi connectivity index (χ4v) is 6.31. The van der Waals surface area contributed by atoms with E-state index in [0.717, 1.165) is 5.56 Å². The van der Waals surface area contributed by atoms with E-state index >= 15 is 0 Å². The van der Waals surface area contributed by atoms with Crippen molar-refractivity contribution in [1.29, 1.82) is 5.26 Å². The van der Waals surface area contributed by atoms with Gasteiger partial charge in [-0.05, 0) is 49.1 Å². The first-order chi connectivity index (χ1) is 16.7. The van der Waals surface area contributed by atoms with Crippen LogP contribution >= 0.6 is 0 Å². The normalized spacial score (nSPS) is 16.3. The number of aliphatic hydroxyl groups excluding tert-OH is 1. The summed E-state index contributed by atoms with van der Waals surface area (Å²) >= 11 is 0. The second-order valence-electron chi connectivity index (χ2n) is 8.89. The summed E-state index contributed by atoms with van der Waals surface area (Å²) in [7, 11) is -3.46. The van der Waals surface area contributed by atoms with E-state index < -0.39 is 32.0 Å². The summed E-state index contributed by atoms with van der Waals surface area (Å²) < 4.78 is 25.7. The highest BCUT2D eigenvalue weighted by Gasteiger charge is 2.55. The van der Waals surface area contributed by atoms with Crippen LogP contribution < -0.4 is 10.9 Å². The maximum Gasteiger partial charge on any atom is 0.270 e. The first kappa shape index (κ1) is 24.6. The van der Waals surface area contributed by atoms with E-state index in [0.29, 0.717) is 18.4 Å². The monoisotopic (exact) mass is 498 g/mol. The van der Waals surface area contributed by atoms with E-state index in [4.69, 9.17) is 10.4 Å². The molecule has 2 N–H and O–H groups in total. The highest BCUT2D eigenvalue weighted by molar-refractivity contribution is 7.93. The van der Waals surface area contributed by atoms with E-state index in [1.54, 1.807) is 24.3 Å². The Bertz CT molecular complexity index is 1350. The molecule has 0 spiro atoms. The standard InChI is InChI=1S/C24H26N4O6S/c25-14-17-2-4-18(5-3-17)15-26-21(30)19-6-7-20-23(32)27(10-11-28(20)22(19)31)16-24(8-9-24)35(33,34)13-1-12-29/h2-7,29H,1,8-13,15-16H2,(H,26,30). The van der Waals surface area contributed by atoms with Crippen LogP contribution in [0.1, 0.15) is 51.2 Å². The number of hydrogen-bond donors (Lipinski definition) is 2. The average molecular weight is 499 g/mol. The quantitative estimate of drug-likeness (QED) is 0.509.